The third kappa shape index (κ3) is 4.80. The van der Waals surface area contributed by atoms with E-state index in [0.29, 0.717) is 32.5 Å². The average Bonchev–Trinajstić information content (AvgIpc) is 2.54. The molecule has 3 N–H and O–H groups in total. The number of benzene rings is 1. The van der Waals surface area contributed by atoms with Crippen LogP contribution in [0.15, 0.2) is 18.2 Å². The molecule has 0 bridgehead atoms. The van der Waals surface area contributed by atoms with Crippen molar-refractivity contribution in [3.05, 3.63) is 34.6 Å². The summed E-state index contributed by atoms with van der Waals surface area (Å²) in [6.45, 7) is 1.56. The number of carbonyl (C=O) groups is 2. The molecule has 0 saturated carbocycles. The van der Waals surface area contributed by atoms with Crippen LogP contribution >= 0.6 is 24.0 Å². The minimum atomic E-state index is -0.719. The summed E-state index contributed by atoms with van der Waals surface area (Å²) in [5.41, 5.74) is 5.30. The Kier molecular flexibility index (Phi) is 7.75. The smallest absolute Gasteiger partial charge is 0.256 e. The van der Waals surface area contributed by atoms with Gasteiger partial charge in [0, 0.05) is 26.2 Å². The van der Waals surface area contributed by atoms with Crippen molar-refractivity contribution >= 4 is 35.8 Å². The van der Waals surface area contributed by atoms with Crippen molar-refractivity contribution in [2.75, 3.05) is 26.2 Å². The molecule has 0 radical (unpaired) electrons. The Balaban J connectivity index is 0.00000264. The maximum absolute atomic E-state index is 14.0. The van der Waals surface area contributed by atoms with E-state index in [-0.39, 0.29) is 41.4 Å². The van der Waals surface area contributed by atoms with E-state index in [9.17, 15) is 14.0 Å². The van der Waals surface area contributed by atoms with E-state index in [2.05, 4.69) is 5.32 Å². The summed E-state index contributed by atoms with van der Waals surface area (Å²) >= 11 is 5.71. The largest absolute Gasteiger partial charge is 0.355 e. The number of amides is 2. The Hall–Kier alpha value is -1.37. The van der Waals surface area contributed by atoms with Gasteiger partial charge in [0.25, 0.3) is 5.91 Å². The van der Waals surface area contributed by atoms with Gasteiger partial charge in [-0.05, 0) is 25.0 Å². The second-order valence-electron chi connectivity index (χ2n) is 5.27. The van der Waals surface area contributed by atoms with Crippen LogP contribution in [0.3, 0.4) is 0 Å². The molecule has 8 heteroatoms. The number of likely N-dealkylation sites (tertiary alicyclic amines) is 1. The van der Waals surface area contributed by atoms with Crippen molar-refractivity contribution in [3.63, 3.8) is 0 Å². The zero-order valence-electron chi connectivity index (χ0n) is 12.6. The van der Waals surface area contributed by atoms with Gasteiger partial charge in [0.1, 0.15) is 0 Å². The van der Waals surface area contributed by atoms with E-state index in [1.165, 1.54) is 23.1 Å². The van der Waals surface area contributed by atoms with Crippen molar-refractivity contribution in [2.24, 2.45) is 11.7 Å². The van der Waals surface area contributed by atoms with Gasteiger partial charge in [0.2, 0.25) is 5.91 Å². The van der Waals surface area contributed by atoms with Gasteiger partial charge in [-0.15, -0.1) is 12.4 Å². The van der Waals surface area contributed by atoms with Crippen LogP contribution in [0.2, 0.25) is 5.02 Å². The number of hydrogen-bond donors (Lipinski definition) is 2. The Morgan fingerprint density at radius 2 is 2.17 bits per heavy atom. The fourth-order valence-corrected chi connectivity index (χ4v) is 2.73. The normalized spacial score (nSPS) is 17.3. The number of hydrogen-bond acceptors (Lipinski definition) is 3. The predicted molar refractivity (Wildman–Crippen MR) is 89.3 cm³/mol. The van der Waals surface area contributed by atoms with Gasteiger partial charge in [-0.3, -0.25) is 9.59 Å². The van der Waals surface area contributed by atoms with Crippen LogP contribution in [-0.4, -0.2) is 42.9 Å². The Morgan fingerprint density at radius 1 is 1.43 bits per heavy atom. The van der Waals surface area contributed by atoms with Crippen molar-refractivity contribution in [3.8, 4) is 0 Å². The lowest BCUT2D eigenvalue weighted by atomic mass is 9.96. The van der Waals surface area contributed by atoms with E-state index < -0.39 is 11.7 Å². The minimum Gasteiger partial charge on any atom is -0.355 e. The van der Waals surface area contributed by atoms with Crippen LogP contribution in [0.4, 0.5) is 4.39 Å². The van der Waals surface area contributed by atoms with Crippen LogP contribution < -0.4 is 11.1 Å². The van der Waals surface area contributed by atoms with Crippen LogP contribution in [0.5, 0.6) is 0 Å². The molecule has 0 aliphatic carbocycles. The topological polar surface area (TPSA) is 75.4 Å². The van der Waals surface area contributed by atoms with E-state index >= 15 is 0 Å². The highest BCUT2D eigenvalue weighted by atomic mass is 35.5. The SMILES string of the molecule is Cl.NCCNC(=O)C1CCCN(C(=O)c2cccc(Cl)c2F)C1. The summed E-state index contributed by atoms with van der Waals surface area (Å²) in [5, 5.41) is 2.64. The molecule has 1 aromatic rings. The van der Waals surface area contributed by atoms with Gasteiger partial charge in [-0.2, -0.15) is 0 Å². The third-order valence-electron chi connectivity index (χ3n) is 3.70. The molecule has 128 valence electrons. The second kappa shape index (κ2) is 9.05. The lowest BCUT2D eigenvalue weighted by Crippen LogP contribution is -2.46. The number of carbonyl (C=O) groups excluding carboxylic acids is 2. The molecule has 23 heavy (non-hydrogen) atoms. The number of piperidine rings is 1. The Labute approximate surface area is 145 Å². The third-order valence-corrected chi connectivity index (χ3v) is 4.00. The van der Waals surface area contributed by atoms with Gasteiger partial charge in [-0.25, -0.2) is 4.39 Å². The Bertz CT molecular complexity index is 572. The first-order valence-electron chi connectivity index (χ1n) is 7.25. The summed E-state index contributed by atoms with van der Waals surface area (Å²) in [6, 6.07) is 4.34. The predicted octanol–water partition coefficient (Wildman–Crippen LogP) is 1.83. The van der Waals surface area contributed by atoms with Crippen molar-refractivity contribution in [1.82, 2.24) is 10.2 Å². The zero-order chi connectivity index (χ0) is 16.1. The zero-order valence-corrected chi connectivity index (χ0v) is 14.1. The first-order chi connectivity index (χ1) is 10.5. The molecule has 0 spiro atoms. The standard InChI is InChI=1S/C15H19ClFN3O2.ClH/c16-12-5-1-4-11(13(12)17)15(22)20-8-2-3-10(9-20)14(21)19-7-6-18;/h1,4-5,10H,2-3,6-9,18H2,(H,19,21);1H. The van der Waals surface area contributed by atoms with E-state index in [4.69, 9.17) is 17.3 Å². The summed E-state index contributed by atoms with van der Waals surface area (Å²) in [6.07, 6.45) is 1.41. The van der Waals surface area contributed by atoms with Gasteiger partial charge < -0.3 is 16.0 Å². The fraction of sp³-hybridized carbons (Fsp3) is 0.467. The van der Waals surface area contributed by atoms with Gasteiger partial charge >= 0.3 is 0 Å². The molecule has 5 nitrogen and oxygen atoms in total. The van der Waals surface area contributed by atoms with Gasteiger partial charge in [0.05, 0.1) is 16.5 Å². The fourth-order valence-electron chi connectivity index (χ4n) is 2.55. The van der Waals surface area contributed by atoms with Crippen molar-refractivity contribution in [2.45, 2.75) is 12.8 Å². The molecule has 1 unspecified atom stereocenters. The minimum absolute atomic E-state index is 0. The highest BCUT2D eigenvalue weighted by Gasteiger charge is 2.30. The molecular weight excluding hydrogens is 344 g/mol. The lowest BCUT2D eigenvalue weighted by Gasteiger charge is -2.32. The molecule has 1 saturated heterocycles. The van der Waals surface area contributed by atoms with Gasteiger partial charge in [0.15, 0.2) is 5.82 Å². The maximum atomic E-state index is 14.0. The van der Waals surface area contributed by atoms with E-state index in [0.717, 1.165) is 0 Å². The molecule has 1 aromatic carbocycles. The molecule has 1 heterocycles. The van der Waals surface area contributed by atoms with Crippen LogP contribution in [0, 0.1) is 11.7 Å². The number of nitrogens with zero attached hydrogens (tertiary/aromatic N) is 1. The van der Waals surface area contributed by atoms with E-state index in [1.54, 1.807) is 0 Å². The molecule has 2 amide bonds. The highest BCUT2D eigenvalue weighted by molar-refractivity contribution is 6.31. The van der Waals surface area contributed by atoms with Crippen LogP contribution in [-0.2, 0) is 4.79 Å². The van der Waals surface area contributed by atoms with Crippen molar-refractivity contribution in [1.29, 1.82) is 0 Å². The molecule has 1 aliphatic heterocycles. The average molecular weight is 364 g/mol. The molecule has 1 atom stereocenters. The number of rotatable bonds is 4. The summed E-state index contributed by atoms with van der Waals surface area (Å²) in [7, 11) is 0. The Morgan fingerprint density at radius 3 is 2.87 bits per heavy atom. The van der Waals surface area contributed by atoms with Crippen LogP contribution in [0.1, 0.15) is 23.2 Å². The molecule has 1 fully saturated rings. The monoisotopic (exact) mass is 363 g/mol. The lowest BCUT2D eigenvalue weighted by molar-refractivity contribution is -0.126. The molecular formula is C15H20Cl2FN3O2. The highest BCUT2D eigenvalue weighted by Crippen LogP contribution is 2.23. The summed E-state index contributed by atoms with van der Waals surface area (Å²) < 4.78 is 14.0. The number of nitrogens with two attached hydrogens (primary N) is 1. The molecule has 2 rings (SSSR count). The summed E-state index contributed by atoms with van der Waals surface area (Å²) in [4.78, 5) is 25.9. The quantitative estimate of drug-likeness (QED) is 0.856. The number of nitrogens with one attached hydrogen (secondary N) is 1. The summed E-state index contributed by atoms with van der Waals surface area (Å²) in [5.74, 6) is -1.55. The first kappa shape index (κ1) is 19.7. The first-order valence-corrected chi connectivity index (χ1v) is 7.63. The molecule has 0 aromatic heterocycles. The molecule has 1 aliphatic rings. The van der Waals surface area contributed by atoms with Crippen LogP contribution in [0.25, 0.3) is 0 Å². The van der Waals surface area contributed by atoms with Crippen molar-refractivity contribution < 1.29 is 14.0 Å². The van der Waals surface area contributed by atoms with E-state index in [1.807, 2.05) is 0 Å². The second-order valence-corrected chi connectivity index (χ2v) is 5.68. The van der Waals surface area contributed by atoms with Gasteiger partial charge in [-0.1, -0.05) is 17.7 Å². The maximum Gasteiger partial charge on any atom is 0.256 e. The number of halogens is 3.